The van der Waals surface area contributed by atoms with E-state index in [0.29, 0.717) is 0 Å². The van der Waals surface area contributed by atoms with Crippen molar-refractivity contribution in [2.45, 2.75) is 6.92 Å². The fourth-order valence-electron chi connectivity index (χ4n) is 1.35. The molecule has 0 radical (unpaired) electrons. The van der Waals surface area contributed by atoms with E-state index in [-0.39, 0.29) is 36.0 Å². The zero-order valence-corrected chi connectivity index (χ0v) is 11.3. The first-order valence-electron chi connectivity index (χ1n) is 5.79. The largest absolute Gasteiger partial charge is 0.493 e. The van der Waals surface area contributed by atoms with Crippen molar-refractivity contribution in [2.24, 2.45) is 0 Å². The molecule has 0 aliphatic heterocycles. The van der Waals surface area contributed by atoms with Gasteiger partial charge < -0.3 is 14.2 Å². The summed E-state index contributed by atoms with van der Waals surface area (Å²) in [6.07, 6.45) is 0. The average molecular weight is 281 g/mol. The summed E-state index contributed by atoms with van der Waals surface area (Å²) in [6, 6.07) is 3.92. The minimum Gasteiger partial charge on any atom is -0.493 e. The molecular formula is C13H15NO6. The van der Waals surface area contributed by atoms with E-state index in [4.69, 9.17) is 14.2 Å². The summed E-state index contributed by atoms with van der Waals surface area (Å²) in [4.78, 5) is 21.4. The van der Waals surface area contributed by atoms with E-state index >= 15 is 0 Å². The number of nitro groups is 1. The van der Waals surface area contributed by atoms with Crippen molar-refractivity contribution in [3.05, 3.63) is 40.5 Å². The number of hydrogen-bond acceptors (Lipinski definition) is 6. The third-order valence-electron chi connectivity index (χ3n) is 2.32. The lowest BCUT2D eigenvalue weighted by atomic mass is 10.2. The van der Waals surface area contributed by atoms with Crippen LogP contribution in [0.4, 0.5) is 5.69 Å². The molecule has 20 heavy (non-hydrogen) atoms. The Balaban J connectivity index is 2.75. The molecule has 1 rings (SSSR count). The first-order chi connectivity index (χ1) is 9.49. The number of non-ortho nitro benzene ring substituents is 1. The van der Waals surface area contributed by atoms with Crippen LogP contribution in [-0.4, -0.2) is 31.2 Å². The van der Waals surface area contributed by atoms with Gasteiger partial charge in [-0.15, -0.1) is 0 Å². The minimum absolute atomic E-state index is 0.0903. The van der Waals surface area contributed by atoms with Crippen LogP contribution in [0, 0.1) is 10.1 Å². The Labute approximate surface area is 115 Å². The molecule has 0 fully saturated rings. The maximum Gasteiger partial charge on any atom is 0.336 e. The molecule has 108 valence electrons. The molecule has 0 atom stereocenters. The monoisotopic (exact) mass is 281 g/mol. The van der Waals surface area contributed by atoms with Crippen LogP contribution in [0.25, 0.3) is 0 Å². The zero-order chi connectivity index (χ0) is 15.1. The van der Waals surface area contributed by atoms with Gasteiger partial charge in [0.05, 0.1) is 30.3 Å². The Morgan fingerprint density at radius 1 is 1.40 bits per heavy atom. The molecule has 0 bridgehead atoms. The average Bonchev–Trinajstić information content (AvgIpc) is 2.44. The maximum absolute atomic E-state index is 11.3. The number of hydrogen-bond donors (Lipinski definition) is 0. The van der Waals surface area contributed by atoms with E-state index in [2.05, 4.69) is 6.58 Å². The highest BCUT2D eigenvalue weighted by molar-refractivity contribution is 5.88. The van der Waals surface area contributed by atoms with Crippen molar-refractivity contribution in [1.29, 1.82) is 0 Å². The zero-order valence-electron chi connectivity index (χ0n) is 11.3. The third kappa shape index (κ3) is 3.98. The number of ether oxygens (including phenoxy) is 3. The maximum atomic E-state index is 11.3. The summed E-state index contributed by atoms with van der Waals surface area (Å²) in [5.41, 5.74) is 0.0330. The van der Waals surface area contributed by atoms with Gasteiger partial charge in [0.25, 0.3) is 5.69 Å². The van der Waals surface area contributed by atoms with Crippen molar-refractivity contribution >= 4 is 11.7 Å². The van der Waals surface area contributed by atoms with E-state index in [9.17, 15) is 14.9 Å². The fourth-order valence-corrected chi connectivity index (χ4v) is 1.35. The van der Waals surface area contributed by atoms with E-state index < -0.39 is 10.9 Å². The number of carbonyl (C=O) groups is 1. The lowest BCUT2D eigenvalue weighted by molar-refractivity contribution is -0.385. The summed E-state index contributed by atoms with van der Waals surface area (Å²) in [7, 11) is 1.37. The van der Waals surface area contributed by atoms with Gasteiger partial charge in [0.1, 0.15) is 6.61 Å². The van der Waals surface area contributed by atoms with Gasteiger partial charge in [-0.25, -0.2) is 4.79 Å². The van der Waals surface area contributed by atoms with Crippen LogP contribution in [0.2, 0.25) is 0 Å². The third-order valence-corrected chi connectivity index (χ3v) is 2.32. The molecule has 0 aromatic heterocycles. The van der Waals surface area contributed by atoms with Crippen LogP contribution < -0.4 is 9.47 Å². The molecule has 0 unspecified atom stereocenters. The second-order valence-electron chi connectivity index (χ2n) is 3.70. The molecule has 1 aromatic rings. The Kier molecular flexibility index (Phi) is 5.52. The first-order valence-corrected chi connectivity index (χ1v) is 5.79. The predicted molar refractivity (Wildman–Crippen MR) is 70.9 cm³/mol. The van der Waals surface area contributed by atoms with Gasteiger partial charge in [0.15, 0.2) is 11.5 Å². The van der Waals surface area contributed by atoms with Crippen molar-refractivity contribution < 1.29 is 23.9 Å². The van der Waals surface area contributed by atoms with Crippen LogP contribution in [-0.2, 0) is 9.53 Å². The highest BCUT2D eigenvalue weighted by atomic mass is 16.6. The van der Waals surface area contributed by atoms with E-state index in [1.165, 1.54) is 25.3 Å². The topological polar surface area (TPSA) is 87.9 Å². The first kappa shape index (κ1) is 15.5. The smallest absolute Gasteiger partial charge is 0.336 e. The van der Waals surface area contributed by atoms with Crippen molar-refractivity contribution in [2.75, 3.05) is 20.3 Å². The highest BCUT2D eigenvalue weighted by Crippen LogP contribution is 2.31. The van der Waals surface area contributed by atoms with Gasteiger partial charge in [0.2, 0.25) is 0 Å². The molecule has 0 N–H and O–H groups in total. The van der Waals surface area contributed by atoms with Gasteiger partial charge in [0, 0.05) is 6.07 Å². The summed E-state index contributed by atoms with van der Waals surface area (Å²) in [5, 5.41) is 10.6. The summed E-state index contributed by atoms with van der Waals surface area (Å²) in [6.45, 7) is 5.39. The van der Waals surface area contributed by atoms with Gasteiger partial charge in [-0.05, 0) is 13.0 Å². The molecule has 7 heteroatoms. The predicted octanol–water partition coefficient (Wildman–Crippen LogP) is 2.10. The van der Waals surface area contributed by atoms with Crippen molar-refractivity contribution in [3.8, 4) is 11.5 Å². The van der Waals surface area contributed by atoms with Crippen LogP contribution in [0.3, 0.4) is 0 Å². The number of nitrogens with zero attached hydrogens (tertiary/aromatic N) is 1. The van der Waals surface area contributed by atoms with E-state index in [0.717, 1.165) is 0 Å². The molecular weight excluding hydrogens is 266 g/mol. The fraction of sp³-hybridized carbons (Fsp3) is 0.308. The molecule has 7 nitrogen and oxygen atoms in total. The van der Waals surface area contributed by atoms with Gasteiger partial charge >= 0.3 is 5.97 Å². The lowest BCUT2D eigenvalue weighted by Crippen LogP contribution is -2.13. The number of methoxy groups -OCH3 is 1. The molecule has 0 amide bonds. The van der Waals surface area contributed by atoms with Crippen LogP contribution >= 0.6 is 0 Å². The molecule has 1 aromatic carbocycles. The Hall–Kier alpha value is -2.57. The Morgan fingerprint density at radius 3 is 2.65 bits per heavy atom. The van der Waals surface area contributed by atoms with Crippen LogP contribution in [0.5, 0.6) is 11.5 Å². The van der Waals surface area contributed by atoms with Crippen LogP contribution in [0.15, 0.2) is 30.4 Å². The normalized spacial score (nSPS) is 9.70. The number of carbonyl (C=O) groups excluding carboxylic acids is 1. The summed E-state index contributed by atoms with van der Waals surface area (Å²) in [5.74, 6) is -0.0622. The van der Waals surface area contributed by atoms with Gasteiger partial charge in [-0.1, -0.05) is 6.58 Å². The Morgan fingerprint density at radius 2 is 2.10 bits per heavy atom. The molecule has 0 aliphatic carbocycles. The van der Waals surface area contributed by atoms with Gasteiger partial charge in [-0.3, -0.25) is 10.1 Å². The minimum atomic E-state index is -0.548. The van der Waals surface area contributed by atoms with E-state index in [1.807, 2.05) is 0 Å². The standard InChI is InChI=1S/C13H15NO6/c1-4-19-13(15)9(2)8-20-11-6-5-10(14(16)17)7-12(11)18-3/h5-7H,2,4,8H2,1,3H3. The SMILES string of the molecule is C=C(COc1ccc([N+](=O)[O-])cc1OC)C(=O)OCC. The Bertz CT molecular complexity index is 526. The quantitative estimate of drug-likeness (QED) is 0.329. The second kappa shape index (κ2) is 7.13. The highest BCUT2D eigenvalue weighted by Gasteiger charge is 2.14. The number of esters is 1. The lowest BCUT2D eigenvalue weighted by Gasteiger charge is -2.11. The summed E-state index contributed by atoms with van der Waals surface area (Å²) >= 11 is 0. The number of nitro benzene ring substituents is 1. The molecule has 0 saturated heterocycles. The molecule has 0 saturated carbocycles. The molecule has 0 aliphatic rings. The van der Waals surface area contributed by atoms with E-state index in [1.54, 1.807) is 6.92 Å². The number of rotatable bonds is 7. The van der Waals surface area contributed by atoms with Crippen LogP contribution in [0.1, 0.15) is 6.92 Å². The van der Waals surface area contributed by atoms with Crippen molar-refractivity contribution in [3.63, 3.8) is 0 Å². The van der Waals surface area contributed by atoms with Crippen molar-refractivity contribution in [1.82, 2.24) is 0 Å². The number of benzene rings is 1. The molecule has 0 spiro atoms. The molecule has 0 heterocycles. The second-order valence-corrected chi connectivity index (χ2v) is 3.70. The summed E-state index contributed by atoms with van der Waals surface area (Å²) < 4.78 is 15.1. The van der Waals surface area contributed by atoms with Gasteiger partial charge in [-0.2, -0.15) is 0 Å².